The topological polar surface area (TPSA) is 0 Å². The van der Waals surface area contributed by atoms with E-state index in [1.54, 1.807) is 19.1 Å². The number of allylic oxidation sites excluding steroid dienone is 1. The van der Waals surface area contributed by atoms with E-state index < -0.39 is 0 Å². The monoisotopic (exact) mass is 232 g/mol. The highest BCUT2D eigenvalue weighted by atomic mass is 19.1. The highest BCUT2D eigenvalue weighted by Crippen LogP contribution is 2.25. The van der Waals surface area contributed by atoms with Crippen molar-refractivity contribution in [3.8, 4) is 0 Å². The van der Waals surface area contributed by atoms with E-state index in [0.29, 0.717) is 16.3 Å². The summed E-state index contributed by atoms with van der Waals surface area (Å²) in [5.74, 6) is -0.698. The van der Waals surface area contributed by atoms with Gasteiger partial charge in [0.2, 0.25) is 0 Å². The first kappa shape index (κ1) is 11.8. The van der Waals surface area contributed by atoms with Gasteiger partial charge < -0.3 is 0 Å². The minimum absolute atomic E-state index is 0.336. The summed E-state index contributed by atoms with van der Waals surface area (Å²) < 4.78 is 27.5. The number of aryl methyl sites for hydroxylation is 2. The van der Waals surface area contributed by atoms with Crippen molar-refractivity contribution in [3.63, 3.8) is 0 Å². The average molecular weight is 232 g/mol. The minimum Gasteiger partial charge on any atom is -0.206 e. The lowest BCUT2D eigenvalue weighted by Crippen LogP contribution is -1.92. The van der Waals surface area contributed by atoms with E-state index in [2.05, 4.69) is 6.58 Å². The molecular weight excluding hydrogens is 218 g/mol. The van der Waals surface area contributed by atoms with Gasteiger partial charge >= 0.3 is 0 Å². The molecule has 0 amide bonds. The van der Waals surface area contributed by atoms with Gasteiger partial charge in [-0.25, -0.2) is 8.78 Å². The van der Waals surface area contributed by atoms with Crippen LogP contribution in [0.5, 0.6) is 0 Å². The van der Waals surface area contributed by atoms with E-state index in [-0.39, 0.29) is 11.6 Å². The third-order valence-electron chi connectivity index (χ3n) is 2.90. The van der Waals surface area contributed by atoms with E-state index >= 15 is 0 Å². The number of halogens is 2. The molecule has 2 rings (SSSR count). The van der Waals surface area contributed by atoms with Crippen LogP contribution in [-0.4, -0.2) is 0 Å². The minimum atomic E-state index is -0.362. The molecule has 0 fully saturated rings. The van der Waals surface area contributed by atoms with Gasteiger partial charge in [0, 0.05) is 10.8 Å². The summed E-state index contributed by atoms with van der Waals surface area (Å²) in [7, 11) is 0. The highest BCUT2D eigenvalue weighted by Gasteiger charge is 2.09. The maximum atomic E-state index is 13.8. The summed E-state index contributed by atoms with van der Waals surface area (Å²) in [6, 6.07) is 6.46. The van der Waals surface area contributed by atoms with E-state index in [1.165, 1.54) is 6.07 Å². The lowest BCUT2D eigenvalue weighted by Gasteiger charge is -2.06. The van der Waals surface area contributed by atoms with Crippen molar-refractivity contribution in [2.45, 2.75) is 19.8 Å². The third kappa shape index (κ3) is 2.21. The second-order valence-corrected chi connectivity index (χ2v) is 4.20. The highest BCUT2D eigenvalue weighted by molar-refractivity contribution is 5.85. The fourth-order valence-corrected chi connectivity index (χ4v) is 1.95. The fourth-order valence-electron chi connectivity index (χ4n) is 1.95. The molecule has 88 valence electrons. The molecule has 0 bridgehead atoms. The first-order valence-corrected chi connectivity index (χ1v) is 5.61. The van der Waals surface area contributed by atoms with Crippen LogP contribution in [-0.2, 0) is 6.42 Å². The van der Waals surface area contributed by atoms with Gasteiger partial charge in [0.25, 0.3) is 0 Å². The molecule has 2 heteroatoms. The zero-order valence-electron chi connectivity index (χ0n) is 9.76. The Kier molecular flexibility index (Phi) is 3.23. The number of hydrogen-bond acceptors (Lipinski definition) is 0. The first-order chi connectivity index (χ1) is 8.13. The maximum absolute atomic E-state index is 13.8. The Bertz CT molecular complexity index is 571. The number of rotatable bonds is 3. The van der Waals surface area contributed by atoms with E-state index in [1.807, 2.05) is 12.1 Å². The quantitative estimate of drug-likeness (QED) is 0.681. The van der Waals surface area contributed by atoms with Crippen LogP contribution in [0, 0.1) is 18.6 Å². The van der Waals surface area contributed by atoms with Crippen LogP contribution in [0.3, 0.4) is 0 Å². The van der Waals surface area contributed by atoms with Crippen LogP contribution >= 0.6 is 0 Å². The summed E-state index contributed by atoms with van der Waals surface area (Å²) in [5.41, 5.74) is 1.34. The van der Waals surface area contributed by atoms with Crippen LogP contribution in [0.1, 0.15) is 17.5 Å². The predicted octanol–water partition coefficient (Wildman–Crippen LogP) is 4.55. The van der Waals surface area contributed by atoms with Crippen molar-refractivity contribution in [2.75, 3.05) is 0 Å². The first-order valence-electron chi connectivity index (χ1n) is 5.61. The van der Waals surface area contributed by atoms with Gasteiger partial charge in [0.15, 0.2) is 0 Å². The lowest BCUT2D eigenvalue weighted by atomic mass is 10.0. The van der Waals surface area contributed by atoms with Gasteiger partial charge in [-0.05, 0) is 43.0 Å². The molecule has 0 heterocycles. The Morgan fingerprint density at radius 1 is 1.18 bits per heavy atom. The molecule has 0 unspecified atom stereocenters. The molecule has 0 N–H and O–H groups in total. The van der Waals surface area contributed by atoms with Crippen LogP contribution in [0.4, 0.5) is 8.78 Å². The lowest BCUT2D eigenvalue weighted by molar-refractivity contribution is 0.610. The summed E-state index contributed by atoms with van der Waals surface area (Å²) in [6.45, 7) is 5.22. The number of hydrogen-bond donors (Lipinski definition) is 0. The maximum Gasteiger partial charge on any atom is 0.134 e. The van der Waals surface area contributed by atoms with Crippen LogP contribution < -0.4 is 0 Å². The molecule has 0 aliphatic heterocycles. The van der Waals surface area contributed by atoms with Gasteiger partial charge in [-0.3, -0.25) is 0 Å². The zero-order chi connectivity index (χ0) is 12.4. The molecule has 0 aliphatic rings. The Morgan fingerprint density at radius 2 is 1.94 bits per heavy atom. The second kappa shape index (κ2) is 4.66. The molecule has 0 spiro atoms. The Labute approximate surface area is 99.6 Å². The average Bonchev–Trinajstić information content (AvgIpc) is 2.33. The van der Waals surface area contributed by atoms with Gasteiger partial charge in [0.05, 0.1) is 0 Å². The Hall–Kier alpha value is -1.70. The van der Waals surface area contributed by atoms with Gasteiger partial charge in [-0.2, -0.15) is 0 Å². The Balaban J connectivity index is 2.57. The van der Waals surface area contributed by atoms with E-state index in [4.69, 9.17) is 0 Å². The summed E-state index contributed by atoms with van der Waals surface area (Å²) in [5, 5.41) is 0.708. The normalized spacial score (nSPS) is 10.8. The van der Waals surface area contributed by atoms with Crippen molar-refractivity contribution in [1.82, 2.24) is 0 Å². The summed E-state index contributed by atoms with van der Waals surface area (Å²) in [4.78, 5) is 0. The Morgan fingerprint density at radius 3 is 2.65 bits per heavy atom. The van der Waals surface area contributed by atoms with E-state index in [0.717, 1.165) is 18.4 Å². The zero-order valence-corrected chi connectivity index (χ0v) is 9.76. The molecule has 0 aromatic heterocycles. The molecular formula is C15H14F2. The van der Waals surface area contributed by atoms with Gasteiger partial charge in [0.1, 0.15) is 11.6 Å². The van der Waals surface area contributed by atoms with Crippen LogP contribution in [0.25, 0.3) is 10.8 Å². The number of benzene rings is 2. The molecule has 2 aromatic carbocycles. The van der Waals surface area contributed by atoms with Crippen molar-refractivity contribution in [2.24, 2.45) is 0 Å². The number of fused-ring (bicyclic) bond motifs is 1. The van der Waals surface area contributed by atoms with Crippen molar-refractivity contribution >= 4 is 10.8 Å². The molecule has 0 radical (unpaired) electrons. The predicted molar refractivity (Wildman–Crippen MR) is 67.1 cm³/mol. The second-order valence-electron chi connectivity index (χ2n) is 4.20. The smallest absolute Gasteiger partial charge is 0.134 e. The van der Waals surface area contributed by atoms with E-state index in [9.17, 15) is 8.78 Å². The molecule has 0 saturated carbocycles. The van der Waals surface area contributed by atoms with Crippen LogP contribution in [0.15, 0.2) is 36.9 Å². The van der Waals surface area contributed by atoms with Crippen molar-refractivity contribution < 1.29 is 8.78 Å². The third-order valence-corrected chi connectivity index (χ3v) is 2.90. The molecule has 2 aromatic rings. The molecule has 0 saturated heterocycles. The summed E-state index contributed by atoms with van der Waals surface area (Å²) in [6.07, 6.45) is 3.45. The fraction of sp³-hybridized carbons (Fsp3) is 0.200. The van der Waals surface area contributed by atoms with Crippen molar-refractivity contribution in [3.05, 3.63) is 59.7 Å². The molecule has 0 atom stereocenters. The largest absolute Gasteiger partial charge is 0.206 e. The summed E-state index contributed by atoms with van der Waals surface area (Å²) >= 11 is 0. The van der Waals surface area contributed by atoms with Crippen molar-refractivity contribution in [1.29, 1.82) is 0 Å². The molecule has 17 heavy (non-hydrogen) atoms. The molecule has 0 aliphatic carbocycles. The SMILES string of the molecule is C=CCCc1ccc2c(F)c(C)cc(F)c2c1. The molecule has 0 nitrogen and oxygen atoms in total. The van der Waals surface area contributed by atoms with Gasteiger partial charge in [-0.15, -0.1) is 6.58 Å². The van der Waals surface area contributed by atoms with Crippen LogP contribution in [0.2, 0.25) is 0 Å². The standard InChI is InChI=1S/C15H14F2/c1-3-4-5-11-6-7-12-13(9-11)14(16)8-10(2)15(12)17/h3,6-9H,1,4-5H2,2H3. The van der Waals surface area contributed by atoms with Gasteiger partial charge in [-0.1, -0.05) is 18.2 Å².